The van der Waals surface area contributed by atoms with Gasteiger partial charge in [-0.15, -0.1) is 0 Å². The SMILES string of the molecule is C=CC(=O)NC1CNCC1NC(=N)/N=C(\C)NC. The van der Waals surface area contributed by atoms with Crippen molar-refractivity contribution in [2.45, 2.75) is 19.0 Å². The third-order valence-electron chi connectivity index (χ3n) is 2.69. The Morgan fingerprint density at radius 1 is 1.44 bits per heavy atom. The van der Waals surface area contributed by atoms with Crippen LogP contribution in [-0.4, -0.2) is 49.9 Å². The summed E-state index contributed by atoms with van der Waals surface area (Å²) in [5.41, 5.74) is 0. The van der Waals surface area contributed by atoms with Gasteiger partial charge in [-0.3, -0.25) is 10.2 Å². The molecule has 0 aromatic rings. The highest BCUT2D eigenvalue weighted by molar-refractivity contribution is 5.93. The summed E-state index contributed by atoms with van der Waals surface area (Å²) < 4.78 is 0. The van der Waals surface area contributed by atoms with Crippen molar-refractivity contribution in [3.63, 3.8) is 0 Å². The average molecular weight is 252 g/mol. The van der Waals surface area contributed by atoms with Gasteiger partial charge in [-0.05, 0) is 13.0 Å². The van der Waals surface area contributed by atoms with E-state index in [9.17, 15) is 4.79 Å². The molecule has 1 amide bonds. The molecule has 0 aromatic carbocycles. The number of aliphatic imine (C=N–C) groups is 1. The lowest BCUT2D eigenvalue weighted by Crippen LogP contribution is -2.50. The van der Waals surface area contributed by atoms with Crippen LogP contribution in [0.2, 0.25) is 0 Å². The van der Waals surface area contributed by atoms with E-state index in [2.05, 4.69) is 32.8 Å². The van der Waals surface area contributed by atoms with Crippen molar-refractivity contribution in [1.82, 2.24) is 21.3 Å². The van der Waals surface area contributed by atoms with Gasteiger partial charge in [-0.2, -0.15) is 0 Å². The van der Waals surface area contributed by atoms with E-state index >= 15 is 0 Å². The van der Waals surface area contributed by atoms with Crippen molar-refractivity contribution < 1.29 is 4.79 Å². The number of carbonyl (C=O) groups excluding carboxylic acids is 1. The van der Waals surface area contributed by atoms with Gasteiger partial charge in [0.05, 0.1) is 12.1 Å². The van der Waals surface area contributed by atoms with Crippen molar-refractivity contribution >= 4 is 17.7 Å². The van der Waals surface area contributed by atoms with E-state index in [1.807, 2.05) is 0 Å². The molecular weight excluding hydrogens is 232 g/mol. The zero-order chi connectivity index (χ0) is 13.5. The molecule has 7 nitrogen and oxygen atoms in total. The lowest BCUT2D eigenvalue weighted by molar-refractivity contribution is -0.117. The Morgan fingerprint density at radius 3 is 2.61 bits per heavy atom. The van der Waals surface area contributed by atoms with E-state index < -0.39 is 0 Å². The van der Waals surface area contributed by atoms with Crippen LogP contribution in [0.4, 0.5) is 0 Å². The van der Waals surface area contributed by atoms with Crippen molar-refractivity contribution in [3.05, 3.63) is 12.7 Å². The largest absolute Gasteiger partial charge is 0.377 e. The Bertz CT molecular complexity index is 365. The van der Waals surface area contributed by atoms with E-state index in [-0.39, 0.29) is 24.0 Å². The van der Waals surface area contributed by atoms with Gasteiger partial charge in [0.15, 0.2) is 0 Å². The standard InChI is InChI=1S/C11H20N6O/c1-4-10(18)16-8-5-14-6-9(8)17-11(12)15-7(2)13-3/h4,8-9,14H,1,5-6H2,2-3H3,(H,16,18)(H3,12,13,15,17). The second-order valence-electron chi connectivity index (χ2n) is 4.02. The summed E-state index contributed by atoms with van der Waals surface area (Å²) in [6.45, 7) is 6.54. The number of guanidine groups is 1. The highest BCUT2D eigenvalue weighted by Gasteiger charge is 2.28. The summed E-state index contributed by atoms with van der Waals surface area (Å²) in [7, 11) is 1.75. The zero-order valence-corrected chi connectivity index (χ0v) is 10.7. The first-order valence-corrected chi connectivity index (χ1v) is 5.78. The molecule has 1 saturated heterocycles. The molecule has 100 valence electrons. The van der Waals surface area contributed by atoms with Crippen molar-refractivity contribution in [3.8, 4) is 0 Å². The maximum atomic E-state index is 11.2. The Hall–Kier alpha value is -1.89. The topological polar surface area (TPSA) is 101 Å². The summed E-state index contributed by atoms with van der Waals surface area (Å²) in [5, 5.41) is 19.5. The summed E-state index contributed by atoms with van der Waals surface area (Å²) >= 11 is 0. The lowest BCUT2D eigenvalue weighted by atomic mass is 10.1. The van der Waals surface area contributed by atoms with E-state index in [4.69, 9.17) is 5.41 Å². The van der Waals surface area contributed by atoms with Crippen LogP contribution in [0.15, 0.2) is 17.6 Å². The van der Waals surface area contributed by atoms with E-state index in [1.54, 1.807) is 14.0 Å². The highest BCUT2D eigenvalue weighted by Crippen LogP contribution is 2.00. The Balaban J connectivity index is 2.52. The molecule has 0 radical (unpaired) electrons. The fourth-order valence-electron chi connectivity index (χ4n) is 1.66. The highest BCUT2D eigenvalue weighted by atomic mass is 16.1. The van der Waals surface area contributed by atoms with Gasteiger partial charge in [0.1, 0.15) is 5.84 Å². The van der Waals surface area contributed by atoms with Crippen LogP contribution in [0.3, 0.4) is 0 Å². The third kappa shape index (κ3) is 4.17. The maximum Gasteiger partial charge on any atom is 0.243 e. The minimum absolute atomic E-state index is 0.0465. The lowest BCUT2D eigenvalue weighted by Gasteiger charge is -2.20. The average Bonchev–Trinajstić information content (AvgIpc) is 2.76. The normalized spacial score (nSPS) is 23.3. The molecule has 1 aliphatic heterocycles. The molecule has 1 rings (SSSR count). The minimum Gasteiger partial charge on any atom is -0.377 e. The number of amidine groups is 1. The van der Waals surface area contributed by atoms with Gasteiger partial charge in [0.25, 0.3) is 0 Å². The summed E-state index contributed by atoms with van der Waals surface area (Å²) in [4.78, 5) is 15.3. The van der Waals surface area contributed by atoms with Gasteiger partial charge in [0.2, 0.25) is 11.9 Å². The van der Waals surface area contributed by atoms with Crippen LogP contribution in [0, 0.1) is 5.41 Å². The Labute approximate surface area is 107 Å². The molecule has 7 heteroatoms. The number of rotatable bonds is 3. The third-order valence-corrected chi connectivity index (χ3v) is 2.69. The molecule has 0 aliphatic carbocycles. The molecule has 0 saturated carbocycles. The molecule has 0 spiro atoms. The predicted molar refractivity (Wildman–Crippen MR) is 71.8 cm³/mol. The summed E-state index contributed by atoms with van der Waals surface area (Å²) in [6, 6.07) is -0.115. The zero-order valence-electron chi connectivity index (χ0n) is 10.7. The monoisotopic (exact) mass is 252 g/mol. The smallest absolute Gasteiger partial charge is 0.243 e. The van der Waals surface area contributed by atoms with Gasteiger partial charge < -0.3 is 21.3 Å². The molecule has 0 aromatic heterocycles. The van der Waals surface area contributed by atoms with Crippen molar-refractivity contribution in [1.29, 1.82) is 5.41 Å². The maximum absolute atomic E-state index is 11.2. The quantitative estimate of drug-likeness (QED) is 0.247. The first-order chi connectivity index (χ1) is 8.56. The molecule has 2 unspecified atom stereocenters. The van der Waals surface area contributed by atoms with Crippen LogP contribution in [0.1, 0.15) is 6.92 Å². The van der Waals surface area contributed by atoms with Crippen molar-refractivity contribution in [2.24, 2.45) is 4.99 Å². The fourth-order valence-corrected chi connectivity index (χ4v) is 1.66. The van der Waals surface area contributed by atoms with Crippen LogP contribution in [0.5, 0.6) is 0 Å². The van der Waals surface area contributed by atoms with E-state index in [0.29, 0.717) is 18.9 Å². The van der Waals surface area contributed by atoms with Crippen LogP contribution < -0.4 is 21.3 Å². The predicted octanol–water partition coefficient (Wildman–Crippen LogP) is -1.21. The molecule has 18 heavy (non-hydrogen) atoms. The number of hydrogen-bond donors (Lipinski definition) is 5. The van der Waals surface area contributed by atoms with Crippen molar-refractivity contribution in [2.75, 3.05) is 20.1 Å². The van der Waals surface area contributed by atoms with Gasteiger partial charge in [-0.25, -0.2) is 4.99 Å². The molecular formula is C11H20N6O. The second kappa shape index (κ2) is 6.75. The van der Waals surface area contributed by atoms with Gasteiger partial charge in [-0.1, -0.05) is 6.58 Å². The van der Waals surface area contributed by atoms with Crippen LogP contribution in [-0.2, 0) is 4.79 Å². The molecule has 2 atom stereocenters. The Kier molecular flexibility index (Phi) is 5.31. The van der Waals surface area contributed by atoms with Crippen LogP contribution in [0.25, 0.3) is 0 Å². The molecule has 1 heterocycles. The first-order valence-electron chi connectivity index (χ1n) is 5.78. The number of nitrogens with one attached hydrogen (secondary N) is 5. The number of hydrogen-bond acceptors (Lipinski definition) is 3. The first kappa shape index (κ1) is 14.2. The number of carbonyl (C=O) groups is 1. The van der Waals surface area contributed by atoms with E-state index in [0.717, 1.165) is 0 Å². The fraction of sp³-hybridized carbons (Fsp3) is 0.545. The Morgan fingerprint density at radius 2 is 2.06 bits per heavy atom. The van der Waals surface area contributed by atoms with Crippen LogP contribution >= 0.6 is 0 Å². The van der Waals surface area contributed by atoms with Gasteiger partial charge >= 0.3 is 0 Å². The van der Waals surface area contributed by atoms with Gasteiger partial charge in [0, 0.05) is 20.1 Å². The summed E-state index contributed by atoms with van der Waals surface area (Å²) in [6.07, 6.45) is 1.24. The number of nitrogens with zero attached hydrogens (tertiary/aromatic N) is 1. The molecule has 1 aliphatic rings. The molecule has 5 N–H and O–H groups in total. The number of amides is 1. The molecule has 0 bridgehead atoms. The second-order valence-corrected chi connectivity index (χ2v) is 4.02. The summed E-state index contributed by atoms with van der Waals surface area (Å²) in [5.74, 6) is 0.524. The van der Waals surface area contributed by atoms with E-state index in [1.165, 1.54) is 6.08 Å². The minimum atomic E-state index is -0.211. The molecule has 1 fully saturated rings.